The quantitative estimate of drug-likeness (QED) is 0.760. The number of ether oxygens (including phenoxy) is 2. The molecule has 0 bridgehead atoms. The molecule has 2 aromatic carbocycles. The molecule has 2 aromatic rings. The van der Waals surface area contributed by atoms with Crippen LogP contribution in [0.4, 0.5) is 0 Å². The molecule has 0 radical (unpaired) electrons. The summed E-state index contributed by atoms with van der Waals surface area (Å²) in [7, 11) is 3.21. The van der Waals surface area contributed by atoms with E-state index in [1.807, 2.05) is 24.3 Å². The van der Waals surface area contributed by atoms with Crippen LogP contribution in [0.25, 0.3) is 10.8 Å². The van der Waals surface area contributed by atoms with Crippen molar-refractivity contribution in [3.05, 3.63) is 35.9 Å². The largest absolute Gasteiger partial charge is 0.493 e. The van der Waals surface area contributed by atoms with Crippen LogP contribution in [0, 0.1) is 0 Å². The van der Waals surface area contributed by atoms with Crippen LogP contribution in [-0.4, -0.2) is 20.0 Å². The molecule has 88 valence electrons. The van der Waals surface area contributed by atoms with Gasteiger partial charge in [-0.15, -0.1) is 0 Å². The molecule has 0 aliphatic carbocycles. The Morgan fingerprint density at radius 1 is 1.06 bits per heavy atom. The molecule has 3 nitrogen and oxygen atoms in total. The third-order valence-corrected chi connectivity index (χ3v) is 2.76. The third-order valence-electron chi connectivity index (χ3n) is 2.76. The van der Waals surface area contributed by atoms with Crippen molar-refractivity contribution >= 4 is 16.6 Å². The first-order valence-corrected chi connectivity index (χ1v) is 5.33. The van der Waals surface area contributed by atoms with Crippen LogP contribution >= 0.6 is 0 Å². The first-order chi connectivity index (χ1) is 8.17. The number of ketones is 1. The van der Waals surface area contributed by atoms with Gasteiger partial charge in [0.25, 0.3) is 0 Å². The van der Waals surface area contributed by atoms with E-state index in [2.05, 4.69) is 0 Å². The lowest BCUT2D eigenvalue weighted by atomic mass is 10.0. The molecule has 0 aliphatic heterocycles. The molecule has 0 heterocycles. The van der Waals surface area contributed by atoms with E-state index in [-0.39, 0.29) is 5.78 Å². The first kappa shape index (κ1) is 11.5. The van der Waals surface area contributed by atoms with Gasteiger partial charge in [-0.25, -0.2) is 0 Å². The molecule has 0 aliphatic rings. The topological polar surface area (TPSA) is 35.5 Å². The summed E-state index contributed by atoms with van der Waals surface area (Å²) in [5.41, 5.74) is 0.699. The standard InChI is InChI=1S/C14H14O3/c1-9(15)10-4-6-12-11(8-10)5-7-13(16-2)14(12)17-3/h4-8H,1-3H3. The predicted octanol–water partition coefficient (Wildman–Crippen LogP) is 3.06. The van der Waals surface area contributed by atoms with E-state index in [4.69, 9.17) is 9.47 Å². The summed E-state index contributed by atoms with van der Waals surface area (Å²) >= 11 is 0. The van der Waals surface area contributed by atoms with Crippen molar-refractivity contribution in [1.29, 1.82) is 0 Å². The Balaban J connectivity index is 2.70. The van der Waals surface area contributed by atoms with Crippen LogP contribution in [0.2, 0.25) is 0 Å². The highest BCUT2D eigenvalue weighted by Crippen LogP contribution is 2.35. The number of carbonyl (C=O) groups is 1. The molecule has 0 amide bonds. The maximum Gasteiger partial charge on any atom is 0.168 e. The van der Waals surface area contributed by atoms with Gasteiger partial charge in [-0.1, -0.05) is 12.1 Å². The Kier molecular flexibility index (Phi) is 3.00. The Morgan fingerprint density at radius 3 is 2.41 bits per heavy atom. The van der Waals surface area contributed by atoms with Crippen molar-refractivity contribution in [1.82, 2.24) is 0 Å². The van der Waals surface area contributed by atoms with Crippen molar-refractivity contribution in [2.45, 2.75) is 6.92 Å². The third kappa shape index (κ3) is 1.96. The summed E-state index contributed by atoms with van der Waals surface area (Å²) < 4.78 is 10.6. The summed E-state index contributed by atoms with van der Waals surface area (Å²) in [6.07, 6.45) is 0. The van der Waals surface area contributed by atoms with E-state index in [9.17, 15) is 4.79 Å². The van der Waals surface area contributed by atoms with Gasteiger partial charge < -0.3 is 9.47 Å². The van der Waals surface area contributed by atoms with Crippen LogP contribution in [0.1, 0.15) is 17.3 Å². The van der Waals surface area contributed by atoms with Crippen LogP contribution in [0.5, 0.6) is 11.5 Å². The SMILES string of the molecule is COc1ccc2cc(C(C)=O)ccc2c1OC. The normalized spacial score (nSPS) is 10.3. The second kappa shape index (κ2) is 4.45. The average Bonchev–Trinajstić information content (AvgIpc) is 2.36. The zero-order chi connectivity index (χ0) is 12.4. The van der Waals surface area contributed by atoms with Gasteiger partial charge in [0.15, 0.2) is 17.3 Å². The van der Waals surface area contributed by atoms with E-state index in [0.717, 1.165) is 10.8 Å². The minimum absolute atomic E-state index is 0.0571. The maximum atomic E-state index is 11.3. The molecule has 0 spiro atoms. The number of benzene rings is 2. The highest BCUT2D eigenvalue weighted by Gasteiger charge is 2.09. The number of Topliss-reactive ketones (excluding diaryl/α,β-unsaturated/α-hetero) is 1. The number of methoxy groups -OCH3 is 2. The summed E-state index contributed by atoms with van der Waals surface area (Å²) in [6.45, 7) is 1.56. The minimum Gasteiger partial charge on any atom is -0.493 e. The zero-order valence-electron chi connectivity index (χ0n) is 10.1. The molecule has 0 N–H and O–H groups in total. The van der Waals surface area contributed by atoms with Crippen molar-refractivity contribution in [3.8, 4) is 11.5 Å². The second-order valence-electron chi connectivity index (χ2n) is 3.79. The fourth-order valence-electron chi connectivity index (χ4n) is 1.87. The maximum absolute atomic E-state index is 11.3. The van der Waals surface area contributed by atoms with Gasteiger partial charge in [0, 0.05) is 10.9 Å². The van der Waals surface area contributed by atoms with Gasteiger partial charge in [-0.2, -0.15) is 0 Å². The molecule has 2 rings (SSSR count). The zero-order valence-corrected chi connectivity index (χ0v) is 10.1. The van der Waals surface area contributed by atoms with Crippen LogP contribution < -0.4 is 9.47 Å². The van der Waals surface area contributed by atoms with Crippen molar-refractivity contribution < 1.29 is 14.3 Å². The number of hydrogen-bond acceptors (Lipinski definition) is 3. The average molecular weight is 230 g/mol. The Hall–Kier alpha value is -2.03. The van der Waals surface area contributed by atoms with Crippen LogP contribution in [0.3, 0.4) is 0 Å². The molecule has 3 heteroatoms. The summed E-state index contributed by atoms with van der Waals surface area (Å²) in [5.74, 6) is 1.44. The lowest BCUT2D eigenvalue weighted by Gasteiger charge is -2.11. The van der Waals surface area contributed by atoms with Gasteiger partial charge in [-0.3, -0.25) is 4.79 Å². The van der Waals surface area contributed by atoms with E-state index < -0.39 is 0 Å². The van der Waals surface area contributed by atoms with E-state index in [0.29, 0.717) is 17.1 Å². The lowest BCUT2D eigenvalue weighted by Crippen LogP contribution is -1.94. The summed E-state index contributed by atoms with van der Waals surface area (Å²) in [5, 5.41) is 1.91. The van der Waals surface area contributed by atoms with E-state index in [1.54, 1.807) is 27.2 Å². The Morgan fingerprint density at radius 2 is 1.82 bits per heavy atom. The molecular weight excluding hydrogens is 216 g/mol. The number of hydrogen-bond donors (Lipinski definition) is 0. The monoisotopic (exact) mass is 230 g/mol. The summed E-state index contributed by atoms with van der Waals surface area (Å²) in [4.78, 5) is 11.3. The molecule has 0 unspecified atom stereocenters. The summed E-state index contributed by atoms with van der Waals surface area (Å²) in [6, 6.07) is 9.30. The Labute approximate surface area is 100.0 Å². The van der Waals surface area contributed by atoms with Gasteiger partial charge in [0.05, 0.1) is 14.2 Å². The van der Waals surface area contributed by atoms with E-state index >= 15 is 0 Å². The highest BCUT2D eigenvalue weighted by molar-refractivity contribution is 6.00. The molecular formula is C14H14O3. The number of rotatable bonds is 3. The van der Waals surface area contributed by atoms with Gasteiger partial charge >= 0.3 is 0 Å². The second-order valence-corrected chi connectivity index (χ2v) is 3.79. The Bertz CT molecular complexity index is 573. The van der Waals surface area contributed by atoms with Crippen LogP contribution in [-0.2, 0) is 0 Å². The number of carbonyl (C=O) groups excluding carboxylic acids is 1. The van der Waals surface area contributed by atoms with Gasteiger partial charge in [-0.05, 0) is 30.5 Å². The molecule has 0 atom stereocenters. The predicted molar refractivity (Wildman–Crippen MR) is 67.1 cm³/mol. The molecule has 0 aromatic heterocycles. The fraction of sp³-hybridized carbons (Fsp3) is 0.214. The molecule has 0 fully saturated rings. The van der Waals surface area contributed by atoms with Crippen LogP contribution in [0.15, 0.2) is 30.3 Å². The van der Waals surface area contributed by atoms with Crippen molar-refractivity contribution in [3.63, 3.8) is 0 Å². The van der Waals surface area contributed by atoms with Gasteiger partial charge in [0.1, 0.15) is 0 Å². The smallest absolute Gasteiger partial charge is 0.168 e. The molecule has 0 saturated heterocycles. The number of fused-ring (bicyclic) bond motifs is 1. The molecule has 17 heavy (non-hydrogen) atoms. The molecule has 0 saturated carbocycles. The minimum atomic E-state index is 0.0571. The van der Waals surface area contributed by atoms with E-state index in [1.165, 1.54) is 0 Å². The fourth-order valence-corrected chi connectivity index (χ4v) is 1.87. The first-order valence-electron chi connectivity index (χ1n) is 5.33. The lowest BCUT2D eigenvalue weighted by molar-refractivity contribution is 0.101. The van der Waals surface area contributed by atoms with Crippen molar-refractivity contribution in [2.75, 3.05) is 14.2 Å². The van der Waals surface area contributed by atoms with Gasteiger partial charge in [0.2, 0.25) is 0 Å². The highest BCUT2D eigenvalue weighted by atomic mass is 16.5. The van der Waals surface area contributed by atoms with Crippen molar-refractivity contribution in [2.24, 2.45) is 0 Å².